The molecular formula is C9H13F2N3O3S. The van der Waals surface area contributed by atoms with E-state index in [1.165, 1.54) is 18.2 Å². The molecule has 6 nitrogen and oxygen atoms in total. The fourth-order valence-corrected chi connectivity index (χ4v) is 1.91. The van der Waals surface area contributed by atoms with Crippen LogP contribution in [0.25, 0.3) is 0 Å². The van der Waals surface area contributed by atoms with Crippen LogP contribution in [-0.2, 0) is 10.0 Å². The molecule has 18 heavy (non-hydrogen) atoms. The van der Waals surface area contributed by atoms with Gasteiger partial charge in [-0.05, 0) is 12.1 Å². The Balaban J connectivity index is 2.99. The third-order valence-corrected chi connectivity index (χ3v) is 3.11. The summed E-state index contributed by atoms with van der Waals surface area (Å²) in [6, 6.07) is 3.81. The summed E-state index contributed by atoms with van der Waals surface area (Å²) in [5.41, 5.74) is 5.28. The van der Waals surface area contributed by atoms with Crippen molar-refractivity contribution in [1.82, 2.24) is 0 Å². The molecule has 0 saturated heterocycles. The number of benzene rings is 1. The van der Waals surface area contributed by atoms with Gasteiger partial charge in [0.05, 0.1) is 17.9 Å². The largest absolute Gasteiger partial charge is 0.396 e. The third kappa shape index (κ3) is 3.52. The second-order valence-electron chi connectivity index (χ2n) is 3.63. The van der Waals surface area contributed by atoms with Crippen molar-refractivity contribution in [2.24, 2.45) is 5.14 Å². The number of nitrogens with one attached hydrogen (secondary N) is 1. The number of nitrogen functional groups attached to an aromatic ring is 1. The van der Waals surface area contributed by atoms with Crippen LogP contribution in [0.15, 0.2) is 23.1 Å². The van der Waals surface area contributed by atoms with Gasteiger partial charge >= 0.3 is 0 Å². The molecule has 0 unspecified atom stereocenters. The van der Waals surface area contributed by atoms with Crippen LogP contribution < -0.4 is 16.2 Å². The lowest BCUT2D eigenvalue weighted by atomic mass is 10.2. The van der Waals surface area contributed by atoms with Gasteiger partial charge < -0.3 is 16.2 Å². The van der Waals surface area contributed by atoms with Crippen molar-refractivity contribution >= 4 is 21.4 Å². The fourth-order valence-electron chi connectivity index (χ4n) is 1.23. The van der Waals surface area contributed by atoms with Crippen LogP contribution in [0, 0.1) is 0 Å². The number of aliphatic hydroxyl groups is 1. The predicted molar refractivity (Wildman–Crippen MR) is 62.8 cm³/mol. The Labute approximate surface area is 103 Å². The minimum atomic E-state index is -4.02. The van der Waals surface area contributed by atoms with Crippen molar-refractivity contribution in [3.8, 4) is 0 Å². The van der Waals surface area contributed by atoms with E-state index in [9.17, 15) is 17.2 Å². The first-order chi connectivity index (χ1) is 8.17. The van der Waals surface area contributed by atoms with Crippen molar-refractivity contribution < 1.29 is 22.3 Å². The van der Waals surface area contributed by atoms with Gasteiger partial charge in [-0.1, -0.05) is 6.07 Å². The number of para-hydroxylation sites is 1. The maximum Gasteiger partial charge on any atom is 0.287 e. The van der Waals surface area contributed by atoms with E-state index in [0.717, 1.165) is 0 Å². The predicted octanol–water partition coefficient (Wildman–Crippen LogP) is -0.0443. The molecule has 0 aromatic heterocycles. The molecule has 0 heterocycles. The molecule has 0 aliphatic heterocycles. The summed E-state index contributed by atoms with van der Waals surface area (Å²) in [6.45, 7) is -2.20. The molecule has 1 aromatic carbocycles. The molecule has 9 heteroatoms. The molecule has 0 aliphatic carbocycles. The number of rotatable bonds is 5. The van der Waals surface area contributed by atoms with E-state index in [0.29, 0.717) is 0 Å². The number of hydrogen-bond donors (Lipinski definition) is 4. The molecule has 0 saturated carbocycles. The van der Waals surface area contributed by atoms with Crippen LogP contribution in [0.4, 0.5) is 20.2 Å². The van der Waals surface area contributed by atoms with Crippen molar-refractivity contribution in [3.05, 3.63) is 18.2 Å². The summed E-state index contributed by atoms with van der Waals surface area (Å²) >= 11 is 0. The maximum absolute atomic E-state index is 12.8. The van der Waals surface area contributed by atoms with E-state index in [4.69, 9.17) is 16.0 Å². The summed E-state index contributed by atoms with van der Waals surface area (Å²) in [4.78, 5) is -0.347. The highest BCUT2D eigenvalue weighted by molar-refractivity contribution is 7.89. The van der Waals surface area contributed by atoms with Gasteiger partial charge in [0.25, 0.3) is 5.92 Å². The normalized spacial score (nSPS) is 12.4. The van der Waals surface area contributed by atoms with Gasteiger partial charge in [0, 0.05) is 0 Å². The number of alkyl halides is 2. The topological polar surface area (TPSA) is 118 Å². The van der Waals surface area contributed by atoms with Crippen LogP contribution in [0.1, 0.15) is 0 Å². The van der Waals surface area contributed by atoms with Gasteiger partial charge in [-0.2, -0.15) is 0 Å². The zero-order valence-electron chi connectivity index (χ0n) is 9.23. The van der Waals surface area contributed by atoms with Gasteiger partial charge in [-0.3, -0.25) is 0 Å². The Bertz CT molecular complexity index is 534. The summed E-state index contributed by atoms with van der Waals surface area (Å²) in [5, 5.41) is 15.6. The number of aliphatic hydroxyl groups excluding tert-OH is 1. The van der Waals surface area contributed by atoms with E-state index >= 15 is 0 Å². The van der Waals surface area contributed by atoms with Gasteiger partial charge in [0.1, 0.15) is 11.5 Å². The van der Waals surface area contributed by atoms with E-state index in [-0.39, 0.29) is 16.3 Å². The molecular weight excluding hydrogens is 268 g/mol. The lowest BCUT2D eigenvalue weighted by Crippen LogP contribution is -2.31. The SMILES string of the molecule is Nc1c(NCC(F)(F)CO)cccc1S(N)(=O)=O. The monoisotopic (exact) mass is 281 g/mol. The molecule has 0 amide bonds. The minimum Gasteiger partial charge on any atom is -0.396 e. The molecule has 0 spiro atoms. The van der Waals surface area contributed by atoms with Crippen molar-refractivity contribution in [2.75, 3.05) is 24.2 Å². The van der Waals surface area contributed by atoms with Gasteiger partial charge in [0.2, 0.25) is 10.0 Å². The van der Waals surface area contributed by atoms with Crippen molar-refractivity contribution in [3.63, 3.8) is 0 Å². The Kier molecular flexibility index (Phi) is 4.09. The summed E-state index contributed by atoms with van der Waals surface area (Å²) < 4.78 is 47.9. The molecule has 0 fully saturated rings. The summed E-state index contributed by atoms with van der Waals surface area (Å²) in [7, 11) is -4.02. The molecule has 6 N–H and O–H groups in total. The third-order valence-electron chi connectivity index (χ3n) is 2.14. The Morgan fingerprint density at radius 3 is 2.50 bits per heavy atom. The van der Waals surface area contributed by atoms with Gasteiger partial charge in [-0.15, -0.1) is 0 Å². The first kappa shape index (κ1) is 14.6. The highest BCUT2D eigenvalue weighted by atomic mass is 32.2. The first-order valence-electron chi connectivity index (χ1n) is 4.81. The minimum absolute atomic E-state index is 0.00894. The number of nitrogens with two attached hydrogens (primary N) is 2. The summed E-state index contributed by atoms with van der Waals surface area (Å²) in [5.74, 6) is -3.33. The van der Waals surface area contributed by atoms with Crippen LogP contribution in [0.3, 0.4) is 0 Å². The second kappa shape index (κ2) is 5.04. The van der Waals surface area contributed by atoms with E-state index < -0.39 is 29.1 Å². The Hall–Kier alpha value is -1.45. The number of sulfonamides is 1. The maximum atomic E-state index is 12.8. The Morgan fingerprint density at radius 1 is 1.39 bits per heavy atom. The number of anilines is 2. The van der Waals surface area contributed by atoms with Crippen LogP contribution >= 0.6 is 0 Å². The number of primary sulfonamides is 1. The van der Waals surface area contributed by atoms with Crippen LogP contribution in [-0.4, -0.2) is 32.6 Å². The standard InChI is InChI=1S/C9H13F2N3O3S/c10-9(11,5-15)4-14-6-2-1-3-7(8(6)12)18(13,16)17/h1-3,14-15H,4-5,12H2,(H2,13,16,17). The van der Waals surface area contributed by atoms with Crippen LogP contribution in [0.5, 0.6) is 0 Å². The molecule has 1 rings (SSSR count). The average Bonchev–Trinajstić information content (AvgIpc) is 2.26. The Morgan fingerprint density at radius 2 is 2.00 bits per heavy atom. The van der Waals surface area contributed by atoms with Crippen molar-refractivity contribution in [1.29, 1.82) is 0 Å². The molecule has 1 aromatic rings. The highest BCUT2D eigenvalue weighted by Gasteiger charge is 2.27. The molecule has 0 bridgehead atoms. The molecule has 0 atom stereocenters. The van der Waals surface area contributed by atoms with E-state index in [2.05, 4.69) is 5.32 Å². The lowest BCUT2D eigenvalue weighted by molar-refractivity contribution is -0.0372. The zero-order valence-corrected chi connectivity index (χ0v) is 10.0. The number of halogens is 2. The van der Waals surface area contributed by atoms with Crippen LogP contribution in [0.2, 0.25) is 0 Å². The highest BCUT2D eigenvalue weighted by Crippen LogP contribution is 2.26. The zero-order chi connectivity index (χ0) is 14.0. The second-order valence-corrected chi connectivity index (χ2v) is 5.16. The smallest absolute Gasteiger partial charge is 0.287 e. The molecule has 0 radical (unpaired) electrons. The molecule has 102 valence electrons. The first-order valence-corrected chi connectivity index (χ1v) is 6.36. The quantitative estimate of drug-likeness (QED) is 0.564. The average molecular weight is 281 g/mol. The summed E-state index contributed by atoms with van der Waals surface area (Å²) in [6.07, 6.45) is 0. The lowest BCUT2D eigenvalue weighted by Gasteiger charge is -2.16. The van der Waals surface area contributed by atoms with Gasteiger partial charge in [-0.25, -0.2) is 22.3 Å². The van der Waals surface area contributed by atoms with E-state index in [1.54, 1.807) is 0 Å². The number of hydrogen-bond acceptors (Lipinski definition) is 5. The fraction of sp³-hybridized carbons (Fsp3) is 0.333. The van der Waals surface area contributed by atoms with E-state index in [1.807, 2.05) is 0 Å². The van der Waals surface area contributed by atoms with Crippen molar-refractivity contribution in [2.45, 2.75) is 10.8 Å². The molecule has 0 aliphatic rings. The van der Waals surface area contributed by atoms with Gasteiger partial charge in [0.15, 0.2) is 0 Å².